The highest BCUT2D eigenvalue weighted by molar-refractivity contribution is 7.91. The molecule has 0 fully saturated rings. The van der Waals surface area contributed by atoms with Crippen LogP contribution in [-0.2, 0) is 20.3 Å². The third kappa shape index (κ3) is 5.13. The lowest BCUT2D eigenvalue weighted by Crippen LogP contribution is -2.30. The molecule has 0 aromatic carbocycles. The number of hydrogen-bond acceptors (Lipinski definition) is 8. The van der Waals surface area contributed by atoms with Crippen LogP contribution in [-0.4, -0.2) is 50.5 Å². The summed E-state index contributed by atoms with van der Waals surface area (Å²) >= 11 is 5.86. The topological polar surface area (TPSA) is 113 Å². The van der Waals surface area contributed by atoms with Gasteiger partial charge in [0.1, 0.15) is 17.7 Å². The highest BCUT2D eigenvalue weighted by Crippen LogP contribution is 2.29. The first-order chi connectivity index (χ1) is 15.3. The van der Waals surface area contributed by atoms with E-state index >= 15 is 0 Å². The molecule has 0 aliphatic heterocycles. The van der Waals surface area contributed by atoms with Crippen molar-refractivity contribution < 1.29 is 13.2 Å². The van der Waals surface area contributed by atoms with Crippen molar-refractivity contribution in [2.45, 2.75) is 56.8 Å². The zero-order valence-corrected chi connectivity index (χ0v) is 20.1. The Morgan fingerprint density at radius 1 is 1.12 bits per heavy atom. The highest BCUT2D eigenvalue weighted by Gasteiger charge is 2.35. The van der Waals surface area contributed by atoms with Crippen LogP contribution in [0.25, 0.3) is 11.4 Å². The number of hydrogen-bond donors (Lipinski definition) is 0. The van der Waals surface area contributed by atoms with Crippen molar-refractivity contribution in [3.63, 3.8) is 0 Å². The molecule has 0 aliphatic rings. The number of aromatic nitrogens is 6. The van der Waals surface area contributed by atoms with Crippen LogP contribution in [0.5, 0.6) is 0 Å². The lowest BCUT2D eigenvalue weighted by molar-refractivity contribution is 0.0948. The quantitative estimate of drug-likeness (QED) is 0.432. The van der Waals surface area contributed by atoms with E-state index in [4.69, 9.17) is 16.3 Å². The summed E-state index contributed by atoms with van der Waals surface area (Å²) in [5.41, 5.74) is 0.785. The zero-order chi connectivity index (χ0) is 23.3. The maximum Gasteiger partial charge on any atom is 0.165 e. The maximum absolute atomic E-state index is 13.4. The molecule has 0 N–H and O–H groups in total. The second-order valence-corrected chi connectivity index (χ2v) is 10.2. The second-order valence-electron chi connectivity index (χ2n) is 7.45. The van der Waals surface area contributed by atoms with Gasteiger partial charge in [0.15, 0.2) is 21.5 Å². The molecule has 11 heteroatoms. The monoisotopic (exact) mass is 478 g/mol. The molecule has 2 atom stereocenters. The van der Waals surface area contributed by atoms with Gasteiger partial charge < -0.3 is 9.30 Å². The number of rotatable bonds is 10. The first-order valence-electron chi connectivity index (χ1n) is 10.4. The Kier molecular flexibility index (Phi) is 7.91. The Hall–Kier alpha value is -2.43. The third-order valence-corrected chi connectivity index (χ3v) is 7.70. The van der Waals surface area contributed by atoms with Crippen molar-refractivity contribution in [2.24, 2.45) is 0 Å². The van der Waals surface area contributed by atoms with Crippen molar-refractivity contribution in [1.82, 2.24) is 29.7 Å². The smallest absolute Gasteiger partial charge is 0.165 e. The summed E-state index contributed by atoms with van der Waals surface area (Å²) in [6.45, 7) is 5.70. The summed E-state index contributed by atoms with van der Waals surface area (Å²) in [5, 5.41) is 8.03. The average Bonchev–Trinajstić information content (AvgIpc) is 3.19. The maximum atomic E-state index is 13.4. The van der Waals surface area contributed by atoms with Gasteiger partial charge in [-0.1, -0.05) is 25.4 Å². The summed E-state index contributed by atoms with van der Waals surface area (Å²) in [7, 11) is -2.27. The molecular weight excluding hydrogens is 452 g/mol. The molecule has 0 radical (unpaired) electrons. The second kappa shape index (κ2) is 10.5. The van der Waals surface area contributed by atoms with Crippen molar-refractivity contribution >= 4 is 21.4 Å². The summed E-state index contributed by atoms with van der Waals surface area (Å²) in [4.78, 5) is 12.4. The fraction of sp³-hybridized carbons (Fsp3) is 0.476. The van der Waals surface area contributed by atoms with Gasteiger partial charge in [0.25, 0.3) is 0 Å². The van der Waals surface area contributed by atoms with Gasteiger partial charge in [0.2, 0.25) is 0 Å². The normalized spacial score (nSPS) is 13.9. The van der Waals surface area contributed by atoms with Gasteiger partial charge in [-0.3, -0.25) is 4.98 Å². The van der Waals surface area contributed by atoms with Gasteiger partial charge in [0.05, 0.1) is 10.3 Å². The van der Waals surface area contributed by atoms with Crippen molar-refractivity contribution in [2.75, 3.05) is 7.11 Å². The summed E-state index contributed by atoms with van der Waals surface area (Å²) in [6.07, 6.45) is 6.98. The minimum Gasteiger partial charge on any atom is -0.372 e. The molecular formula is C21H27ClN6O3S. The number of methoxy groups -OCH3 is 1. The highest BCUT2D eigenvalue weighted by atomic mass is 35.5. The third-order valence-electron chi connectivity index (χ3n) is 5.47. The number of nitrogens with zero attached hydrogens (tertiary/aromatic N) is 6. The van der Waals surface area contributed by atoms with E-state index in [2.05, 4.69) is 39.0 Å². The van der Waals surface area contributed by atoms with Gasteiger partial charge in [-0.25, -0.2) is 18.4 Å². The van der Waals surface area contributed by atoms with E-state index in [-0.39, 0.29) is 17.6 Å². The van der Waals surface area contributed by atoms with Crippen LogP contribution in [0.1, 0.15) is 57.4 Å². The minimum atomic E-state index is -3.70. The SMILES string of the molecule is CCC(CC)n1c(CS(=O)(=O)[C@@H](C)[C@H](OC)c2ncc(Cl)cn2)nnc1-c1cccnc1. The van der Waals surface area contributed by atoms with Gasteiger partial charge in [-0.2, -0.15) is 0 Å². The molecule has 172 valence electrons. The van der Waals surface area contributed by atoms with Gasteiger partial charge in [0, 0.05) is 43.5 Å². The predicted molar refractivity (Wildman–Crippen MR) is 122 cm³/mol. The van der Waals surface area contributed by atoms with Crippen molar-refractivity contribution in [1.29, 1.82) is 0 Å². The van der Waals surface area contributed by atoms with Gasteiger partial charge in [-0.05, 0) is 31.9 Å². The lowest BCUT2D eigenvalue weighted by atomic mass is 10.1. The van der Waals surface area contributed by atoms with E-state index in [1.54, 1.807) is 19.3 Å². The molecule has 0 bridgehead atoms. The van der Waals surface area contributed by atoms with E-state index in [9.17, 15) is 8.42 Å². The summed E-state index contributed by atoms with van der Waals surface area (Å²) in [6, 6.07) is 3.75. The Morgan fingerprint density at radius 2 is 1.81 bits per heavy atom. The molecule has 0 saturated carbocycles. The largest absolute Gasteiger partial charge is 0.372 e. The summed E-state index contributed by atoms with van der Waals surface area (Å²) < 4.78 is 34.1. The average molecular weight is 479 g/mol. The molecule has 0 aliphatic carbocycles. The van der Waals surface area contributed by atoms with Crippen LogP contribution >= 0.6 is 11.6 Å². The van der Waals surface area contributed by atoms with Crippen LogP contribution in [0.2, 0.25) is 5.02 Å². The first-order valence-corrected chi connectivity index (χ1v) is 12.5. The number of halogens is 1. The molecule has 3 rings (SSSR count). The van der Waals surface area contributed by atoms with E-state index in [0.29, 0.717) is 16.7 Å². The molecule has 0 unspecified atom stereocenters. The Morgan fingerprint density at radius 3 is 2.38 bits per heavy atom. The molecule has 32 heavy (non-hydrogen) atoms. The fourth-order valence-electron chi connectivity index (χ4n) is 3.63. The van der Waals surface area contributed by atoms with Gasteiger partial charge in [-0.15, -0.1) is 10.2 Å². The Bertz CT molecular complexity index is 1120. The molecule has 3 aromatic heterocycles. The Labute approximate surface area is 193 Å². The standard InChI is InChI=1S/C21H27ClN6O3S/c1-5-17(6-2)28-18(26-27-21(28)15-8-7-9-23-10-15)13-32(29,30)14(3)19(31-4)20-24-11-16(22)12-25-20/h7-12,14,17,19H,5-6,13H2,1-4H3/t14-,19-/m0/s1. The number of pyridine rings is 1. The van der Waals surface area contributed by atoms with Crippen LogP contribution in [0.3, 0.4) is 0 Å². The lowest BCUT2D eigenvalue weighted by Gasteiger charge is -2.23. The summed E-state index contributed by atoms with van der Waals surface area (Å²) in [5.74, 6) is 0.960. The minimum absolute atomic E-state index is 0.0542. The zero-order valence-electron chi connectivity index (χ0n) is 18.5. The first kappa shape index (κ1) is 24.2. The van der Waals surface area contributed by atoms with Crippen LogP contribution in [0.15, 0.2) is 36.9 Å². The van der Waals surface area contributed by atoms with Crippen molar-refractivity contribution in [3.8, 4) is 11.4 Å². The van der Waals surface area contributed by atoms with Crippen LogP contribution in [0, 0.1) is 0 Å². The van der Waals surface area contributed by atoms with Gasteiger partial charge >= 0.3 is 0 Å². The predicted octanol–water partition coefficient (Wildman–Crippen LogP) is 3.84. The van der Waals surface area contributed by atoms with E-state index < -0.39 is 21.2 Å². The van der Waals surface area contributed by atoms with E-state index in [1.165, 1.54) is 19.5 Å². The van der Waals surface area contributed by atoms with Crippen LogP contribution in [0.4, 0.5) is 0 Å². The van der Waals surface area contributed by atoms with E-state index in [0.717, 1.165) is 18.4 Å². The molecule has 3 aromatic rings. The fourth-order valence-corrected chi connectivity index (χ4v) is 5.15. The molecule has 0 saturated heterocycles. The molecule has 3 heterocycles. The molecule has 0 spiro atoms. The van der Waals surface area contributed by atoms with E-state index in [1.807, 2.05) is 16.7 Å². The molecule has 9 nitrogen and oxygen atoms in total. The van der Waals surface area contributed by atoms with Crippen LogP contribution < -0.4 is 0 Å². The Balaban J connectivity index is 1.97. The number of sulfone groups is 1. The van der Waals surface area contributed by atoms with Crippen molar-refractivity contribution in [3.05, 3.63) is 53.6 Å². The molecule has 0 amide bonds. The number of ether oxygens (including phenoxy) is 1.